The van der Waals surface area contributed by atoms with Gasteiger partial charge in [-0.2, -0.15) is 0 Å². The van der Waals surface area contributed by atoms with Gasteiger partial charge in [-0.15, -0.1) is 0 Å². The number of benzene rings is 1. The molecule has 1 saturated carbocycles. The van der Waals surface area contributed by atoms with E-state index in [0.717, 1.165) is 35.5 Å². The van der Waals surface area contributed by atoms with Crippen molar-refractivity contribution >= 4 is 27.8 Å². The fourth-order valence-corrected chi connectivity index (χ4v) is 4.45. The number of nitrogens with zero attached hydrogens (tertiary/aromatic N) is 3. The third kappa shape index (κ3) is 2.04. The van der Waals surface area contributed by atoms with Gasteiger partial charge in [-0.1, -0.05) is 31.4 Å². The summed E-state index contributed by atoms with van der Waals surface area (Å²) >= 11 is 0. The number of nitrogens with two attached hydrogens (primary N) is 1. The fourth-order valence-electron chi connectivity index (χ4n) is 4.45. The summed E-state index contributed by atoms with van der Waals surface area (Å²) in [4.78, 5) is 9.40. The first-order valence-corrected chi connectivity index (χ1v) is 8.98. The Morgan fingerprint density at radius 3 is 2.88 bits per heavy atom. The molecule has 3 aromatic rings. The van der Waals surface area contributed by atoms with Crippen LogP contribution in [0.2, 0.25) is 0 Å². The molecule has 3 heterocycles. The van der Waals surface area contributed by atoms with Gasteiger partial charge in [-0.25, -0.2) is 9.97 Å². The maximum atomic E-state index is 6.24. The molecule has 1 fully saturated rings. The van der Waals surface area contributed by atoms with Gasteiger partial charge >= 0.3 is 0 Å². The van der Waals surface area contributed by atoms with Gasteiger partial charge in [0.05, 0.1) is 17.6 Å². The minimum Gasteiger partial charge on any atom is -0.382 e. The van der Waals surface area contributed by atoms with Crippen molar-refractivity contribution in [3.8, 4) is 0 Å². The lowest BCUT2D eigenvalue weighted by molar-refractivity contribution is 0.0831. The second-order valence-electron chi connectivity index (χ2n) is 7.00. The lowest BCUT2D eigenvalue weighted by Gasteiger charge is -2.24. The molecule has 2 aromatic heterocycles. The van der Waals surface area contributed by atoms with Crippen LogP contribution in [0.3, 0.4) is 0 Å². The van der Waals surface area contributed by atoms with Crippen LogP contribution in [0.15, 0.2) is 18.2 Å². The second kappa shape index (κ2) is 5.45. The van der Waals surface area contributed by atoms with Crippen molar-refractivity contribution in [2.75, 3.05) is 12.3 Å². The first kappa shape index (κ1) is 14.2. The first-order valence-electron chi connectivity index (χ1n) is 8.98. The minimum atomic E-state index is 0.528. The molecular formula is C19H22N4O. The van der Waals surface area contributed by atoms with E-state index in [4.69, 9.17) is 15.5 Å². The van der Waals surface area contributed by atoms with Crippen LogP contribution in [-0.4, -0.2) is 21.1 Å². The van der Waals surface area contributed by atoms with Crippen molar-refractivity contribution in [2.45, 2.75) is 51.2 Å². The normalized spacial score (nSPS) is 19.0. The van der Waals surface area contributed by atoms with Crippen LogP contribution in [0.4, 0.5) is 5.82 Å². The van der Waals surface area contributed by atoms with E-state index in [-0.39, 0.29) is 0 Å². The van der Waals surface area contributed by atoms with E-state index in [1.165, 1.54) is 43.1 Å². The van der Waals surface area contributed by atoms with E-state index in [1.807, 2.05) is 0 Å². The summed E-state index contributed by atoms with van der Waals surface area (Å²) < 4.78 is 7.88. The van der Waals surface area contributed by atoms with E-state index in [9.17, 15) is 0 Å². The van der Waals surface area contributed by atoms with Crippen molar-refractivity contribution in [1.29, 1.82) is 0 Å². The zero-order valence-corrected chi connectivity index (χ0v) is 13.8. The van der Waals surface area contributed by atoms with E-state index in [1.54, 1.807) is 0 Å². The Bertz CT molecular complexity index is 924. The predicted molar refractivity (Wildman–Crippen MR) is 94.9 cm³/mol. The lowest BCUT2D eigenvalue weighted by atomic mass is 9.82. The molecule has 0 atom stereocenters. The maximum Gasteiger partial charge on any atom is 0.152 e. The molecule has 2 N–H and O–H groups in total. The molecule has 1 aromatic carbocycles. The summed E-state index contributed by atoms with van der Waals surface area (Å²) in [7, 11) is 0. The molecule has 0 bridgehead atoms. The van der Waals surface area contributed by atoms with E-state index < -0.39 is 0 Å². The van der Waals surface area contributed by atoms with Crippen molar-refractivity contribution in [3.63, 3.8) is 0 Å². The summed E-state index contributed by atoms with van der Waals surface area (Å²) in [5.41, 5.74) is 10.7. The Balaban J connectivity index is 1.86. The summed E-state index contributed by atoms with van der Waals surface area (Å²) in [6.45, 7) is 2.12. The number of ether oxygens (including phenoxy) is 1. The van der Waals surface area contributed by atoms with Crippen LogP contribution in [0, 0.1) is 0 Å². The van der Waals surface area contributed by atoms with Crippen LogP contribution in [0.1, 0.15) is 49.4 Å². The zero-order chi connectivity index (χ0) is 16.1. The Morgan fingerprint density at radius 2 is 2.00 bits per heavy atom. The molecule has 0 saturated heterocycles. The average Bonchev–Trinajstić information content (AvgIpc) is 3.02. The summed E-state index contributed by atoms with van der Waals surface area (Å²) in [6, 6.07) is 6.49. The van der Waals surface area contributed by atoms with Crippen molar-refractivity contribution in [2.24, 2.45) is 0 Å². The smallest absolute Gasteiger partial charge is 0.152 e. The molecule has 2 aliphatic rings. The number of hydrogen-bond donors (Lipinski definition) is 1. The lowest BCUT2D eigenvalue weighted by Crippen LogP contribution is -2.16. The number of pyridine rings is 1. The molecule has 0 amide bonds. The highest BCUT2D eigenvalue weighted by atomic mass is 16.5. The van der Waals surface area contributed by atoms with Crippen LogP contribution in [0.5, 0.6) is 0 Å². The minimum absolute atomic E-state index is 0.528. The molecule has 124 valence electrons. The van der Waals surface area contributed by atoms with Crippen LogP contribution in [-0.2, 0) is 17.9 Å². The highest BCUT2D eigenvalue weighted by molar-refractivity contribution is 6.08. The molecular weight excluding hydrogens is 300 g/mol. The molecule has 5 heteroatoms. The quantitative estimate of drug-likeness (QED) is 0.741. The zero-order valence-electron chi connectivity index (χ0n) is 13.8. The van der Waals surface area contributed by atoms with Gasteiger partial charge in [0, 0.05) is 11.9 Å². The monoisotopic (exact) mass is 322 g/mol. The van der Waals surface area contributed by atoms with Crippen LogP contribution >= 0.6 is 0 Å². The van der Waals surface area contributed by atoms with Gasteiger partial charge in [-0.3, -0.25) is 0 Å². The van der Waals surface area contributed by atoms with Crippen LogP contribution < -0.4 is 5.73 Å². The third-order valence-electron chi connectivity index (χ3n) is 5.58. The third-order valence-corrected chi connectivity index (χ3v) is 5.58. The molecule has 1 aliphatic heterocycles. The van der Waals surface area contributed by atoms with E-state index in [2.05, 4.69) is 27.8 Å². The fraction of sp³-hybridized carbons (Fsp3) is 0.474. The number of aromatic nitrogens is 3. The summed E-state index contributed by atoms with van der Waals surface area (Å²) in [5.74, 6) is 2.12. The Kier molecular flexibility index (Phi) is 3.23. The highest BCUT2D eigenvalue weighted by Gasteiger charge is 2.24. The molecule has 0 unspecified atom stereocenters. The molecule has 1 aliphatic carbocycles. The number of fused-ring (bicyclic) bond motifs is 5. The van der Waals surface area contributed by atoms with Crippen molar-refractivity contribution < 1.29 is 4.74 Å². The number of imidazole rings is 1. The maximum absolute atomic E-state index is 6.24. The Labute approximate surface area is 140 Å². The van der Waals surface area contributed by atoms with Gasteiger partial charge < -0.3 is 15.0 Å². The summed E-state index contributed by atoms with van der Waals surface area (Å²) in [6.07, 6.45) is 6.56. The molecule has 0 radical (unpaired) electrons. The Morgan fingerprint density at radius 1 is 1.12 bits per heavy atom. The van der Waals surface area contributed by atoms with Crippen molar-refractivity contribution in [1.82, 2.24) is 14.5 Å². The van der Waals surface area contributed by atoms with Gasteiger partial charge in [0.25, 0.3) is 0 Å². The number of anilines is 1. The SMILES string of the molecule is Nc1nc2cccc(C3CCCCC3)c2c2c1nc1n2CCOC1. The summed E-state index contributed by atoms with van der Waals surface area (Å²) in [5, 5.41) is 1.26. The molecule has 24 heavy (non-hydrogen) atoms. The highest BCUT2D eigenvalue weighted by Crippen LogP contribution is 2.40. The second-order valence-corrected chi connectivity index (χ2v) is 7.00. The topological polar surface area (TPSA) is 66.0 Å². The van der Waals surface area contributed by atoms with Crippen LogP contribution in [0.25, 0.3) is 21.9 Å². The predicted octanol–water partition coefficient (Wildman–Crippen LogP) is 3.74. The van der Waals surface area contributed by atoms with Gasteiger partial charge in [0.1, 0.15) is 17.9 Å². The molecule has 0 spiro atoms. The van der Waals surface area contributed by atoms with E-state index in [0.29, 0.717) is 18.3 Å². The van der Waals surface area contributed by atoms with Crippen molar-refractivity contribution in [3.05, 3.63) is 29.6 Å². The molecule has 5 nitrogen and oxygen atoms in total. The number of rotatable bonds is 1. The molecule has 5 rings (SSSR count). The number of hydrogen-bond acceptors (Lipinski definition) is 4. The standard InChI is InChI=1S/C19H22N4O/c20-19-17-18(23-9-10-24-11-15(23)22-17)16-13(7-4-8-14(16)21-19)12-5-2-1-3-6-12/h4,7-8,12H,1-3,5-6,9-11H2,(H2,20,21). The van der Waals surface area contributed by atoms with Gasteiger partial charge in [-0.05, 0) is 30.4 Å². The van der Waals surface area contributed by atoms with Gasteiger partial charge in [0.15, 0.2) is 5.82 Å². The first-order chi connectivity index (χ1) is 11.8. The van der Waals surface area contributed by atoms with E-state index >= 15 is 0 Å². The average molecular weight is 322 g/mol. The largest absolute Gasteiger partial charge is 0.382 e. The Hall–Kier alpha value is -2.14. The van der Waals surface area contributed by atoms with Gasteiger partial charge in [0.2, 0.25) is 0 Å². The number of nitrogen functional groups attached to an aromatic ring is 1.